The Morgan fingerprint density at radius 1 is 1.21 bits per heavy atom. The molecule has 29 heavy (non-hydrogen) atoms. The van der Waals surface area contributed by atoms with Crippen LogP contribution < -0.4 is 9.64 Å². The number of aromatic nitrogens is 1. The lowest BCUT2D eigenvalue weighted by atomic mass is 9.86. The van der Waals surface area contributed by atoms with E-state index in [1.165, 1.54) is 17.8 Å². The van der Waals surface area contributed by atoms with Crippen molar-refractivity contribution in [1.29, 1.82) is 0 Å². The fraction of sp³-hybridized carbons (Fsp3) is 0.500. The number of hydrogen-bond acceptors (Lipinski definition) is 5. The summed E-state index contributed by atoms with van der Waals surface area (Å²) in [6, 6.07) is 6.01. The van der Waals surface area contributed by atoms with Gasteiger partial charge in [-0.2, -0.15) is 0 Å². The molecule has 6 nitrogen and oxygen atoms in total. The maximum atomic E-state index is 12.7. The second-order valence-electron chi connectivity index (χ2n) is 8.68. The van der Waals surface area contributed by atoms with Crippen molar-refractivity contribution in [2.45, 2.75) is 52.0 Å². The zero-order chi connectivity index (χ0) is 20.6. The number of fused-ring (bicyclic) bond motifs is 1. The molecule has 0 radical (unpaired) electrons. The monoisotopic (exact) mass is 413 g/mol. The van der Waals surface area contributed by atoms with Crippen LogP contribution in [-0.2, 0) is 16.8 Å². The van der Waals surface area contributed by atoms with E-state index >= 15 is 0 Å². The van der Waals surface area contributed by atoms with Crippen molar-refractivity contribution >= 4 is 28.8 Å². The summed E-state index contributed by atoms with van der Waals surface area (Å²) in [4.78, 5) is 33.5. The topological polar surface area (TPSA) is 62.7 Å². The first-order valence-electron chi connectivity index (χ1n) is 10.1. The van der Waals surface area contributed by atoms with E-state index in [2.05, 4.69) is 25.8 Å². The number of carbonyl (C=O) groups is 2. The van der Waals surface area contributed by atoms with E-state index < -0.39 is 0 Å². The summed E-state index contributed by atoms with van der Waals surface area (Å²) in [6.45, 7) is 8.40. The van der Waals surface area contributed by atoms with Crippen molar-refractivity contribution in [3.63, 3.8) is 0 Å². The molecule has 3 heterocycles. The van der Waals surface area contributed by atoms with Gasteiger partial charge in [-0.3, -0.25) is 14.5 Å². The molecule has 0 spiro atoms. The van der Waals surface area contributed by atoms with E-state index in [-0.39, 0.29) is 23.8 Å². The van der Waals surface area contributed by atoms with Gasteiger partial charge < -0.3 is 9.64 Å². The average Bonchev–Trinajstić information content (AvgIpc) is 3.18. The quantitative estimate of drug-likeness (QED) is 0.763. The number of hydrogen-bond donors (Lipinski definition) is 0. The SMILES string of the molecule is CC(C)(C)c1ccc2c(c1)N(Cc1nc(C(=O)N3CCCCC3)cs1)C(=O)CO2. The maximum Gasteiger partial charge on any atom is 0.273 e. The van der Waals surface area contributed by atoms with E-state index in [4.69, 9.17) is 4.74 Å². The second kappa shape index (κ2) is 7.78. The molecule has 1 aromatic heterocycles. The summed E-state index contributed by atoms with van der Waals surface area (Å²) in [5, 5.41) is 2.57. The van der Waals surface area contributed by atoms with Crippen LogP contribution in [0.5, 0.6) is 5.75 Å². The highest BCUT2D eigenvalue weighted by molar-refractivity contribution is 7.09. The number of benzene rings is 1. The molecule has 0 unspecified atom stereocenters. The zero-order valence-electron chi connectivity index (χ0n) is 17.2. The molecule has 1 aromatic carbocycles. The average molecular weight is 414 g/mol. The Morgan fingerprint density at radius 2 is 1.97 bits per heavy atom. The van der Waals surface area contributed by atoms with Gasteiger partial charge >= 0.3 is 0 Å². The van der Waals surface area contributed by atoms with Crippen LogP contribution >= 0.6 is 11.3 Å². The number of likely N-dealkylation sites (tertiary alicyclic amines) is 1. The van der Waals surface area contributed by atoms with Crippen molar-refractivity contribution in [2.24, 2.45) is 0 Å². The molecule has 0 saturated carbocycles. The number of anilines is 1. The van der Waals surface area contributed by atoms with Crippen LogP contribution in [0.25, 0.3) is 0 Å². The lowest BCUT2D eigenvalue weighted by Crippen LogP contribution is -2.38. The highest BCUT2D eigenvalue weighted by Gasteiger charge is 2.29. The van der Waals surface area contributed by atoms with Gasteiger partial charge in [-0.1, -0.05) is 26.8 Å². The van der Waals surface area contributed by atoms with Gasteiger partial charge in [0.25, 0.3) is 11.8 Å². The molecular weight excluding hydrogens is 386 g/mol. The minimum absolute atomic E-state index is 0.00378. The maximum absolute atomic E-state index is 12.7. The molecule has 2 aliphatic heterocycles. The minimum atomic E-state index is -0.0948. The lowest BCUT2D eigenvalue weighted by Gasteiger charge is -2.31. The highest BCUT2D eigenvalue weighted by Crippen LogP contribution is 2.37. The summed E-state index contributed by atoms with van der Waals surface area (Å²) < 4.78 is 5.63. The van der Waals surface area contributed by atoms with Gasteiger partial charge in [0.15, 0.2) is 6.61 Å². The van der Waals surface area contributed by atoms with Crippen LogP contribution in [0, 0.1) is 0 Å². The molecule has 0 bridgehead atoms. The van der Waals surface area contributed by atoms with Gasteiger partial charge in [0.05, 0.1) is 12.2 Å². The Balaban J connectivity index is 1.56. The van der Waals surface area contributed by atoms with Crippen LogP contribution in [0.4, 0.5) is 5.69 Å². The number of amides is 2. The van der Waals surface area contributed by atoms with Gasteiger partial charge in [0, 0.05) is 18.5 Å². The van der Waals surface area contributed by atoms with Crippen LogP contribution in [0.3, 0.4) is 0 Å². The van der Waals surface area contributed by atoms with E-state index in [1.54, 1.807) is 4.90 Å². The predicted molar refractivity (Wildman–Crippen MR) is 114 cm³/mol. The smallest absolute Gasteiger partial charge is 0.273 e. The first kappa shape index (κ1) is 19.9. The van der Waals surface area contributed by atoms with Crippen molar-refractivity contribution in [2.75, 3.05) is 24.6 Å². The molecule has 1 fully saturated rings. The molecular formula is C22H27N3O3S. The van der Waals surface area contributed by atoms with Crippen LogP contribution in [0.1, 0.15) is 61.1 Å². The number of ether oxygens (including phenoxy) is 1. The summed E-state index contributed by atoms with van der Waals surface area (Å²) in [5.41, 5.74) is 2.36. The largest absolute Gasteiger partial charge is 0.482 e. The third-order valence-electron chi connectivity index (χ3n) is 5.48. The highest BCUT2D eigenvalue weighted by atomic mass is 32.1. The van der Waals surface area contributed by atoms with Crippen molar-refractivity contribution in [3.05, 3.63) is 39.8 Å². The molecule has 0 atom stereocenters. The normalized spacial score (nSPS) is 17.1. The van der Waals surface area contributed by atoms with Crippen LogP contribution in [0.2, 0.25) is 0 Å². The Hall–Kier alpha value is -2.41. The van der Waals surface area contributed by atoms with Crippen LogP contribution in [-0.4, -0.2) is 41.4 Å². The Labute approximate surface area is 175 Å². The van der Waals surface area contributed by atoms with E-state index in [9.17, 15) is 9.59 Å². The number of thiazole rings is 1. The number of piperidine rings is 1. The molecule has 2 amide bonds. The number of rotatable bonds is 3. The third kappa shape index (κ3) is 4.15. The predicted octanol–water partition coefficient (Wildman–Crippen LogP) is 3.99. The minimum Gasteiger partial charge on any atom is -0.482 e. The molecule has 4 rings (SSSR count). The number of nitrogens with zero attached hydrogens (tertiary/aromatic N) is 3. The zero-order valence-corrected chi connectivity index (χ0v) is 18.1. The van der Waals surface area contributed by atoms with E-state index in [0.717, 1.165) is 42.2 Å². The molecule has 2 aromatic rings. The molecule has 1 saturated heterocycles. The van der Waals surface area contributed by atoms with Gasteiger partial charge in [-0.25, -0.2) is 4.98 Å². The second-order valence-corrected chi connectivity index (χ2v) is 9.62. The molecule has 7 heteroatoms. The molecule has 0 aliphatic carbocycles. The summed E-state index contributed by atoms with van der Waals surface area (Å²) >= 11 is 1.43. The van der Waals surface area contributed by atoms with E-state index in [1.807, 2.05) is 28.5 Å². The van der Waals surface area contributed by atoms with Gasteiger partial charge in [-0.15, -0.1) is 11.3 Å². The van der Waals surface area contributed by atoms with Crippen LogP contribution in [0.15, 0.2) is 23.6 Å². The molecule has 154 valence electrons. The first-order valence-corrected chi connectivity index (χ1v) is 11.0. The van der Waals surface area contributed by atoms with Gasteiger partial charge in [0.2, 0.25) is 0 Å². The first-order chi connectivity index (χ1) is 13.8. The lowest BCUT2D eigenvalue weighted by molar-refractivity contribution is -0.121. The van der Waals surface area contributed by atoms with Crippen molar-refractivity contribution < 1.29 is 14.3 Å². The van der Waals surface area contributed by atoms with Gasteiger partial charge in [0.1, 0.15) is 16.5 Å². The summed E-state index contributed by atoms with van der Waals surface area (Å²) in [6.07, 6.45) is 3.29. The Kier molecular flexibility index (Phi) is 5.34. The third-order valence-corrected chi connectivity index (χ3v) is 6.31. The standard InChI is InChI=1S/C22H27N3O3S/c1-22(2,3)15-7-8-18-17(11-15)25(20(26)13-28-18)12-19-23-16(14-29-19)21(27)24-9-5-4-6-10-24/h7-8,11,14H,4-6,9-10,12-13H2,1-3H3. The Morgan fingerprint density at radius 3 is 2.69 bits per heavy atom. The fourth-order valence-corrected chi connectivity index (χ4v) is 4.47. The summed E-state index contributed by atoms with van der Waals surface area (Å²) in [7, 11) is 0. The van der Waals surface area contributed by atoms with Crippen molar-refractivity contribution in [1.82, 2.24) is 9.88 Å². The van der Waals surface area contributed by atoms with Gasteiger partial charge in [-0.05, 0) is 42.4 Å². The fourth-order valence-electron chi connectivity index (χ4n) is 3.72. The van der Waals surface area contributed by atoms with E-state index in [0.29, 0.717) is 18.0 Å². The summed E-state index contributed by atoms with van der Waals surface area (Å²) in [5.74, 6) is 0.609. The Bertz CT molecular complexity index is 926. The molecule has 2 aliphatic rings. The number of carbonyl (C=O) groups excluding carboxylic acids is 2. The van der Waals surface area contributed by atoms with Crippen molar-refractivity contribution in [3.8, 4) is 5.75 Å². The molecule has 0 N–H and O–H groups in total.